The molecule has 2 aromatic carbocycles. The first-order chi connectivity index (χ1) is 15.5. The lowest BCUT2D eigenvalue weighted by Gasteiger charge is -2.36. The number of anilines is 2. The number of hydrogen-bond donors (Lipinski definition) is 1. The number of hydrogen-bond acceptors (Lipinski definition) is 7. The highest BCUT2D eigenvalue weighted by atomic mass is 79.9. The largest absolute Gasteiger partial charge is 0.411 e. The summed E-state index contributed by atoms with van der Waals surface area (Å²) in [5.74, 6) is 0.404. The van der Waals surface area contributed by atoms with Crippen LogP contribution in [0.3, 0.4) is 0 Å². The molecule has 168 valence electrons. The Morgan fingerprint density at radius 2 is 1.97 bits per heavy atom. The molecule has 7 nitrogen and oxygen atoms in total. The monoisotopic (exact) mass is 535 g/mol. The highest BCUT2D eigenvalue weighted by Gasteiger charge is 2.21. The van der Waals surface area contributed by atoms with Crippen LogP contribution in [-0.4, -0.2) is 59.5 Å². The van der Waals surface area contributed by atoms with Gasteiger partial charge in [0, 0.05) is 36.2 Å². The summed E-state index contributed by atoms with van der Waals surface area (Å²) in [6, 6.07) is 13.2. The molecule has 0 saturated carbocycles. The van der Waals surface area contributed by atoms with E-state index in [0.29, 0.717) is 21.8 Å². The van der Waals surface area contributed by atoms with Crippen LogP contribution >= 0.6 is 39.3 Å². The van der Waals surface area contributed by atoms with Crippen molar-refractivity contribution in [3.63, 3.8) is 0 Å². The Bertz CT molecular complexity index is 1090. The third kappa shape index (κ3) is 5.64. The van der Waals surface area contributed by atoms with E-state index in [1.165, 1.54) is 11.8 Å². The average Bonchev–Trinajstić information content (AvgIpc) is 3.27. The second-order valence-corrected chi connectivity index (χ2v) is 9.53. The third-order valence-corrected chi connectivity index (χ3v) is 6.82. The number of amides is 1. The van der Waals surface area contributed by atoms with E-state index in [0.717, 1.165) is 48.4 Å². The van der Waals surface area contributed by atoms with Gasteiger partial charge in [-0.1, -0.05) is 58.3 Å². The molecule has 1 N–H and O–H groups in total. The molecule has 0 atom stereocenters. The van der Waals surface area contributed by atoms with E-state index in [4.69, 9.17) is 16.0 Å². The van der Waals surface area contributed by atoms with Crippen molar-refractivity contribution in [2.75, 3.05) is 48.7 Å². The lowest BCUT2D eigenvalue weighted by atomic mass is 10.2. The van der Waals surface area contributed by atoms with Crippen LogP contribution in [0.2, 0.25) is 5.02 Å². The molecule has 1 aliphatic rings. The van der Waals surface area contributed by atoms with E-state index in [1.807, 2.05) is 42.5 Å². The van der Waals surface area contributed by atoms with E-state index in [1.54, 1.807) is 0 Å². The molecule has 0 radical (unpaired) electrons. The topological polar surface area (TPSA) is 74.5 Å². The molecule has 0 unspecified atom stereocenters. The normalized spacial score (nSPS) is 14.5. The lowest BCUT2D eigenvalue weighted by Crippen LogP contribution is -2.46. The van der Waals surface area contributed by atoms with Crippen molar-refractivity contribution in [3.05, 3.63) is 52.0 Å². The number of nitrogens with zero attached hydrogens (tertiary/aromatic N) is 4. The van der Waals surface area contributed by atoms with Crippen molar-refractivity contribution in [3.8, 4) is 11.5 Å². The Labute approximate surface area is 204 Å². The Morgan fingerprint density at radius 3 is 2.72 bits per heavy atom. The molecule has 1 aliphatic heterocycles. The summed E-state index contributed by atoms with van der Waals surface area (Å²) in [4.78, 5) is 17.3. The number of likely N-dealkylation sites (N-methyl/N-ethyl adjacent to an activating group) is 1. The van der Waals surface area contributed by atoms with Crippen LogP contribution in [-0.2, 0) is 4.79 Å². The average molecular weight is 537 g/mol. The van der Waals surface area contributed by atoms with E-state index >= 15 is 0 Å². The maximum Gasteiger partial charge on any atom is 0.277 e. The van der Waals surface area contributed by atoms with Gasteiger partial charge in [0.1, 0.15) is 0 Å². The minimum absolute atomic E-state index is 0.148. The van der Waals surface area contributed by atoms with Gasteiger partial charge in [0.05, 0.1) is 22.2 Å². The number of para-hydroxylation sites is 1. The number of nitrogens with one attached hydrogen (secondary N) is 1. The first kappa shape index (κ1) is 23.1. The number of halogens is 2. The molecule has 3 aromatic rings. The number of thioether (sulfide) groups is 1. The van der Waals surface area contributed by atoms with E-state index in [2.05, 4.69) is 48.2 Å². The van der Waals surface area contributed by atoms with E-state index < -0.39 is 0 Å². The van der Waals surface area contributed by atoms with Crippen molar-refractivity contribution in [2.24, 2.45) is 0 Å². The van der Waals surface area contributed by atoms with Gasteiger partial charge in [0.2, 0.25) is 11.8 Å². The molecular weight excluding hydrogens is 514 g/mol. The standard InChI is InChI=1S/C22H23BrClN5O2S/c1-2-28-9-11-29(12-10-28)20-17(24)7-4-8-18(20)25-19(30)14-32-22-27-26-21(31-22)15-5-3-6-16(23)13-15/h3-8,13H,2,9-12,14H2,1H3,(H,25,30). The number of carbonyl (C=O) groups excluding carboxylic acids is 1. The fraction of sp³-hybridized carbons (Fsp3) is 0.318. The minimum Gasteiger partial charge on any atom is -0.411 e. The molecule has 0 bridgehead atoms. The molecular formula is C22H23BrClN5O2S. The Morgan fingerprint density at radius 1 is 1.19 bits per heavy atom. The third-order valence-electron chi connectivity index (χ3n) is 5.20. The van der Waals surface area contributed by atoms with Crippen LogP contribution < -0.4 is 10.2 Å². The van der Waals surface area contributed by atoms with E-state index in [-0.39, 0.29) is 11.7 Å². The molecule has 4 rings (SSSR count). The van der Waals surface area contributed by atoms with Crippen LogP contribution in [0.25, 0.3) is 11.5 Å². The summed E-state index contributed by atoms with van der Waals surface area (Å²) in [7, 11) is 0. The number of benzene rings is 2. The maximum atomic E-state index is 12.7. The summed E-state index contributed by atoms with van der Waals surface area (Å²) >= 11 is 11.1. The van der Waals surface area contributed by atoms with Crippen LogP contribution in [0.5, 0.6) is 0 Å². The Balaban J connectivity index is 1.38. The molecule has 2 heterocycles. The number of rotatable bonds is 7. The van der Waals surface area contributed by atoms with Gasteiger partial charge in [-0.3, -0.25) is 4.79 Å². The molecule has 10 heteroatoms. The predicted molar refractivity (Wildman–Crippen MR) is 133 cm³/mol. The predicted octanol–water partition coefficient (Wildman–Crippen LogP) is 5.03. The molecule has 1 aromatic heterocycles. The van der Waals surface area contributed by atoms with E-state index in [9.17, 15) is 4.79 Å². The Hall–Kier alpha value is -2.07. The maximum absolute atomic E-state index is 12.7. The van der Waals surface area contributed by atoms with Crippen LogP contribution in [0.15, 0.2) is 56.6 Å². The lowest BCUT2D eigenvalue weighted by molar-refractivity contribution is -0.113. The van der Waals surface area contributed by atoms with Crippen LogP contribution in [0, 0.1) is 0 Å². The second-order valence-electron chi connectivity index (χ2n) is 7.28. The van der Waals surface area contributed by atoms with Crippen molar-refractivity contribution in [1.82, 2.24) is 15.1 Å². The molecule has 1 amide bonds. The highest BCUT2D eigenvalue weighted by Crippen LogP contribution is 2.35. The highest BCUT2D eigenvalue weighted by molar-refractivity contribution is 9.10. The van der Waals surface area contributed by atoms with Crippen LogP contribution in [0.1, 0.15) is 6.92 Å². The number of aromatic nitrogens is 2. The van der Waals surface area contributed by atoms with Gasteiger partial charge in [-0.2, -0.15) is 0 Å². The molecule has 32 heavy (non-hydrogen) atoms. The fourth-order valence-corrected chi connectivity index (χ4v) is 4.80. The summed E-state index contributed by atoms with van der Waals surface area (Å²) < 4.78 is 6.62. The summed E-state index contributed by atoms with van der Waals surface area (Å²) in [6.07, 6.45) is 0. The molecule has 0 spiro atoms. The van der Waals surface area contributed by atoms with Gasteiger partial charge >= 0.3 is 0 Å². The summed E-state index contributed by atoms with van der Waals surface area (Å²) in [6.45, 7) is 6.89. The van der Waals surface area contributed by atoms with Crippen LogP contribution in [0.4, 0.5) is 11.4 Å². The molecule has 1 fully saturated rings. The summed E-state index contributed by atoms with van der Waals surface area (Å²) in [5.41, 5.74) is 2.40. The second kappa shape index (κ2) is 10.7. The molecule has 1 saturated heterocycles. The summed E-state index contributed by atoms with van der Waals surface area (Å²) in [5, 5.41) is 12.1. The molecule has 0 aliphatic carbocycles. The van der Waals surface area contributed by atoms with Gasteiger partial charge in [0.15, 0.2) is 0 Å². The quantitative estimate of drug-likeness (QED) is 0.425. The first-order valence-corrected chi connectivity index (χ1v) is 12.5. The van der Waals surface area contributed by atoms with Gasteiger partial charge in [-0.25, -0.2) is 0 Å². The van der Waals surface area contributed by atoms with Gasteiger partial charge in [0.25, 0.3) is 5.22 Å². The fourth-order valence-electron chi connectivity index (χ4n) is 3.55. The van der Waals surface area contributed by atoms with Gasteiger partial charge in [-0.05, 0) is 36.9 Å². The smallest absolute Gasteiger partial charge is 0.277 e. The number of piperazine rings is 1. The van der Waals surface area contributed by atoms with Crippen molar-refractivity contribution >= 4 is 56.6 Å². The Kier molecular flexibility index (Phi) is 7.72. The van der Waals surface area contributed by atoms with Gasteiger partial charge < -0.3 is 19.5 Å². The van der Waals surface area contributed by atoms with Crippen molar-refractivity contribution in [1.29, 1.82) is 0 Å². The van der Waals surface area contributed by atoms with Crippen molar-refractivity contribution in [2.45, 2.75) is 12.1 Å². The SMILES string of the molecule is CCN1CCN(c2c(Cl)cccc2NC(=O)CSc2nnc(-c3cccc(Br)c3)o2)CC1. The zero-order chi connectivity index (χ0) is 22.5. The number of carbonyl (C=O) groups is 1. The zero-order valence-corrected chi connectivity index (χ0v) is 20.7. The van der Waals surface area contributed by atoms with Gasteiger partial charge in [-0.15, -0.1) is 10.2 Å². The minimum atomic E-state index is -0.159. The first-order valence-electron chi connectivity index (χ1n) is 10.3. The van der Waals surface area contributed by atoms with Crippen molar-refractivity contribution < 1.29 is 9.21 Å². The zero-order valence-electron chi connectivity index (χ0n) is 17.6.